The largest absolute Gasteiger partial charge is 0.463 e. The quantitative estimate of drug-likeness (QED) is 0.545. The van der Waals surface area contributed by atoms with Crippen LogP contribution in [-0.2, 0) is 20.9 Å². The molecule has 0 saturated heterocycles. The summed E-state index contributed by atoms with van der Waals surface area (Å²) in [7, 11) is 0. The van der Waals surface area contributed by atoms with Gasteiger partial charge in [0.25, 0.3) is 5.91 Å². The first-order chi connectivity index (χ1) is 15.6. The van der Waals surface area contributed by atoms with E-state index < -0.39 is 12.0 Å². The van der Waals surface area contributed by atoms with E-state index in [0.29, 0.717) is 12.2 Å². The topological polar surface area (TPSA) is 58.6 Å². The predicted octanol–water partition coefficient (Wildman–Crippen LogP) is 4.84. The fraction of sp³-hybridized carbons (Fsp3) is 0.154. The number of amides is 1. The van der Waals surface area contributed by atoms with Crippen LogP contribution in [-0.4, -0.2) is 23.4 Å². The van der Waals surface area contributed by atoms with Gasteiger partial charge in [0.15, 0.2) is 0 Å². The number of benzene rings is 3. The molecule has 162 valence electrons. The highest BCUT2D eigenvalue weighted by molar-refractivity contribution is 6.09. The number of nitrogens with zero attached hydrogens (tertiary/aromatic N) is 1. The molecule has 1 amide bonds. The second kappa shape index (κ2) is 9.47. The van der Waals surface area contributed by atoms with Crippen molar-refractivity contribution >= 4 is 17.6 Å². The van der Waals surface area contributed by atoms with E-state index in [1.165, 1.54) is 24.3 Å². The molecule has 3 aromatic rings. The Morgan fingerprint density at radius 1 is 0.969 bits per heavy atom. The van der Waals surface area contributed by atoms with Crippen LogP contribution in [0.15, 0.2) is 96.2 Å². The molecular formula is C26H23FN2O3. The lowest BCUT2D eigenvalue weighted by atomic mass is 9.98. The lowest BCUT2D eigenvalue weighted by Crippen LogP contribution is -2.31. The summed E-state index contributed by atoms with van der Waals surface area (Å²) >= 11 is 0. The maximum Gasteiger partial charge on any atom is 0.338 e. The first-order valence-corrected chi connectivity index (χ1v) is 10.4. The molecule has 1 unspecified atom stereocenters. The third-order valence-electron chi connectivity index (χ3n) is 5.25. The van der Waals surface area contributed by atoms with Crippen LogP contribution in [0.4, 0.5) is 10.1 Å². The van der Waals surface area contributed by atoms with E-state index in [0.717, 1.165) is 11.1 Å². The standard InChI is InChI=1S/C26H23FN2O3/c1-2-32-26(31)22-23(28-21-15-13-20(27)14-16-21)25(30)29(17-18-9-5-3-6-10-18)24(22)19-11-7-4-8-12-19/h3-16,24,28H,2,17H2,1H3. The number of halogens is 1. The number of ether oxygens (including phenoxy) is 1. The van der Waals surface area contributed by atoms with Crippen LogP contribution in [0.1, 0.15) is 24.1 Å². The second-order valence-corrected chi connectivity index (χ2v) is 7.37. The van der Waals surface area contributed by atoms with Gasteiger partial charge in [-0.1, -0.05) is 60.7 Å². The van der Waals surface area contributed by atoms with Gasteiger partial charge in [0.05, 0.1) is 18.2 Å². The Kier molecular flexibility index (Phi) is 6.31. The molecule has 0 aromatic heterocycles. The summed E-state index contributed by atoms with van der Waals surface area (Å²) in [6.45, 7) is 2.22. The minimum atomic E-state index is -0.620. The first-order valence-electron chi connectivity index (χ1n) is 10.4. The van der Waals surface area contributed by atoms with Crippen LogP contribution in [0.3, 0.4) is 0 Å². The third-order valence-corrected chi connectivity index (χ3v) is 5.25. The van der Waals surface area contributed by atoms with Gasteiger partial charge in [-0.05, 0) is 42.3 Å². The van der Waals surface area contributed by atoms with Crippen LogP contribution < -0.4 is 5.32 Å². The van der Waals surface area contributed by atoms with Crippen LogP contribution >= 0.6 is 0 Å². The van der Waals surface area contributed by atoms with Gasteiger partial charge in [0.2, 0.25) is 0 Å². The summed E-state index contributed by atoms with van der Waals surface area (Å²) in [6, 6.07) is 24.0. The summed E-state index contributed by atoms with van der Waals surface area (Å²) < 4.78 is 18.7. The fourth-order valence-corrected chi connectivity index (χ4v) is 3.81. The molecule has 1 aliphatic heterocycles. The smallest absolute Gasteiger partial charge is 0.338 e. The number of anilines is 1. The molecule has 0 aliphatic carbocycles. The van der Waals surface area contributed by atoms with Gasteiger partial charge >= 0.3 is 5.97 Å². The number of carbonyl (C=O) groups is 2. The van der Waals surface area contributed by atoms with Gasteiger partial charge in [-0.25, -0.2) is 9.18 Å². The highest BCUT2D eigenvalue weighted by Crippen LogP contribution is 2.40. The number of hydrogen-bond donors (Lipinski definition) is 1. The van der Waals surface area contributed by atoms with E-state index in [2.05, 4.69) is 5.32 Å². The van der Waals surface area contributed by atoms with Gasteiger partial charge in [0.1, 0.15) is 11.5 Å². The molecule has 1 heterocycles. The molecule has 5 nitrogen and oxygen atoms in total. The second-order valence-electron chi connectivity index (χ2n) is 7.37. The average molecular weight is 430 g/mol. The Morgan fingerprint density at radius 3 is 2.22 bits per heavy atom. The van der Waals surface area contributed by atoms with Crippen LogP contribution in [0.2, 0.25) is 0 Å². The summed E-state index contributed by atoms with van der Waals surface area (Å²) in [4.78, 5) is 28.3. The van der Waals surface area contributed by atoms with Gasteiger partial charge in [-0.2, -0.15) is 0 Å². The molecule has 32 heavy (non-hydrogen) atoms. The van der Waals surface area contributed by atoms with Gasteiger partial charge in [0, 0.05) is 12.2 Å². The van der Waals surface area contributed by atoms with Crippen molar-refractivity contribution < 1.29 is 18.7 Å². The maximum atomic E-state index is 13.6. The van der Waals surface area contributed by atoms with Crippen molar-refractivity contribution in [1.82, 2.24) is 4.90 Å². The molecule has 1 atom stereocenters. The Labute approximate surface area is 186 Å². The zero-order valence-electron chi connectivity index (χ0n) is 17.6. The van der Waals surface area contributed by atoms with E-state index in [9.17, 15) is 14.0 Å². The monoisotopic (exact) mass is 430 g/mol. The SMILES string of the molecule is CCOC(=O)C1=C(Nc2ccc(F)cc2)C(=O)N(Cc2ccccc2)C1c1ccccc1. The van der Waals surface area contributed by atoms with Gasteiger partial charge in [-0.15, -0.1) is 0 Å². The zero-order valence-corrected chi connectivity index (χ0v) is 17.6. The minimum Gasteiger partial charge on any atom is -0.463 e. The molecular weight excluding hydrogens is 407 g/mol. The number of rotatable bonds is 7. The van der Waals surface area contributed by atoms with Crippen molar-refractivity contribution in [3.63, 3.8) is 0 Å². The van der Waals surface area contributed by atoms with E-state index >= 15 is 0 Å². The van der Waals surface area contributed by atoms with Crippen LogP contribution in [0.25, 0.3) is 0 Å². The van der Waals surface area contributed by atoms with Crippen molar-refractivity contribution in [2.24, 2.45) is 0 Å². The Morgan fingerprint density at radius 2 is 1.59 bits per heavy atom. The van der Waals surface area contributed by atoms with Crippen LogP contribution in [0.5, 0.6) is 0 Å². The molecule has 0 fully saturated rings. The van der Waals surface area contributed by atoms with Crippen molar-refractivity contribution in [1.29, 1.82) is 0 Å². The van der Waals surface area contributed by atoms with Gasteiger partial charge < -0.3 is 15.0 Å². The van der Waals surface area contributed by atoms with E-state index in [1.54, 1.807) is 11.8 Å². The summed E-state index contributed by atoms with van der Waals surface area (Å²) in [5, 5.41) is 3.04. The lowest BCUT2D eigenvalue weighted by molar-refractivity contribution is -0.139. The van der Waals surface area contributed by atoms with E-state index in [1.807, 2.05) is 60.7 Å². The molecule has 3 aromatic carbocycles. The van der Waals surface area contributed by atoms with Crippen LogP contribution in [0, 0.1) is 5.82 Å². The fourth-order valence-electron chi connectivity index (χ4n) is 3.81. The maximum absolute atomic E-state index is 13.6. The molecule has 0 radical (unpaired) electrons. The van der Waals surface area contributed by atoms with Gasteiger partial charge in [-0.3, -0.25) is 4.79 Å². The zero-order chi connectivity index (χ0) is 22.5. The molecule has 0 saturated carbocycles. The molecule has 1 aliphatic rings. The minimum absolute atomic E-state index is 0.139. The Balaban J connectivity index is 1.81. The number of hydrogen-bond acceptors (Lipinski definition) is 4. The van der Waals surface area contributed by atoms with Crippen molar-refractivity contribution in [3.8, 4) is 0 Å². The molecule has 4 rings (SSSR count). The molecule has 1 N–H and O–H groups in total. The summed E-state index contributed by atoms with van der Waals surface area (Å²) in [6.07, 6.45) is 0. The Bertz CT molecular complexity index is 1130. The molecule has 0 spiro atoms. The molecule has 0 bridgehead atoms. The normalized spacial score (nSPS) is 15.8. The number of carbonyl (C=O) groups excluding carboxylic acids is 2. The summed E-state index contributed by atoms with van der Waals surface area (Å²) in [5.74, 6) is -1.27. The number of nitrogens with one attached hydrogen (secondary N) is 1. The lowest BCUT2D eigenvalue weighted by Gasteiger charge is -2.27. The highest BCUT2D eigenvalue weighted by atomic mass is 19.1. The number of esters is 1. The Hall–Kier alpha value is -3.93. The summed E-state index contributed by atoms with van der Waals surface area (Å²) in [5.41, 5.74) is 2.62. The average Bonchev–Trinajstić information content (AvgIpc) is 3.08. The predicted molar refractivity (Wildman–Crippen MR) is 120 cm³/mol. The van der Waals surface area contributed by atoms with Crippen molar-refractivity contribution in [2.75, 3.05) is 11.9 Å². The van der Waals surface area contributed by atoms with Crippen molar-refractivity contribution in [2.45, 2.75) is 19.5 Å². The van der Waals surface area contributed by atoms with E-state index in [4.69, 9.17) is 4.74 Å². The first kappa shape index (κ1) is 21.3. The third kappa shape index (κ3) is 4.39. The highest BCUT2D eigenvalue weighted by Gasteiger charge is 2.44. The van der Waals surface area contributed by atoms with E-state index in [-0.39, 0.29) is 29.6 Å². The van der Waals surface area contributed by atoms with Crippen molar-refractivity contribution in [3.05, 3.63) is 113 Å². The molecule has 6 heteroatoms.